The third kappa shape index (κ3) is 4.45. The van der Waals surface area contributed by atoms with Gasteiger partial charge in [-0.15, -0.1) is 12.4 Å². The molecule has 0 radical (unpaired) electrons. The molecule has 1 aliphatic rings. The molecule has 2 rings (SSSR count). The predicted octanol–water partition coefficient (Wildman–Crippen LogP) is 2.31. The van der Waals surface area contributed by atoms with Crippen LogP contribution >= 0.6 is 12.4 Å². The number of carbonyl (C=O) groups excluding carboxylic acids is 2. The van der Waals surface area contributed by atoms with Crippen molar-refractivity contribution in [2.45, 2.75) is 32.2 Å². The van der Waals surface area contributed by atoms with E-state index in [1.54, 1.807) is 18.0 Å². The number of hydrogen-bond acceptors (Lipinski definition) is 3. The SMILES string of the molecule is CCC(=O)N(C)c1ccccc1C(=O)N1CCCC(NC)C1.Cl. The standard InChI is InChI=1S/C17H25N3O2.ClH/c1-4-16(21)19(3)15-10-6-5-9-14(15)17(22)20-11-7-8-13(12-20)18-2;/h5-6,9-10,13,18H,4,7-8,11-12H2,1-3H3;1H. The van der Waals surface area contributed by atoms with Crippen LogP contribution in [0.5, 0.6) is 0 Å². The number of hydrogen-bond donors (Lipinski definition) is 1. The summed E-state index contributed by atoms with van der Waals surface area (Å²) < 4.78 is 0. The number of carbonyl (C=O) groups is 2. The number of anilines is 1. The number of halogens is 1. The summed E-state index contributed by atoms with van der Waals surface area (Å²) in [5.41, 5.74) is 1.29. The molecule has 0 aliphatic carbocycles. The lowest BCUT2D eigenvalue weighted by Gasteiger charge is -2.33. The van der Waals surface area contributed by atoms with Gasteiger partial charge in [-0.05, 0) is 32.0 Å². The first-order valence-corrected chi connectivity index (χ1v) is 7.90. The van der Waals surface area contributed by atoms with Crippen molar-refractivity contribution in [2.75, 3.05) is 32.1 Å². The van der Waals surface area contributed by atoms with Crippen LogP contribution in [0.1, 0.15) is 36.5 Å². The van der Waals surface area contributed by atoms with Crippen molar-refractivity contribution >= 4 is 29.9 Å². The molecule has 0 saturated carbocycles. The number of benzene rings is 1. The second kappa shape index (κ2) is 8.89. The Hall–Kier alpha value is -1.59. The third-order valence-corrected chi connectivity index (χ3v) is 4.29. The van der Waals surface area contributed by atoms with Crippen LogP contribution in [0.2, 0.25) is 0 Å². The molecule has 1 aromatic carbocycles. The van der Waals surface area contributed by atoms with Crippen LogP contribution < -0.4 is 10.2 Å². The van der Waals surface area contributed by atoms with E-state index in [-0.39, 0.29) is 24.2 Å². The average molecular weight is 340 g/mol. The highest BCUT2D eigenvalue weighted by Gasteiger charge is 2.26. The Kier molecular flexibility index (Phi) is 7.52. The Morgan fingerprint density at radius 1 is 1.35 bits per heavy atom. The molecule has 1 aliphatic heterocycles. The van der Waals surface area contributed by atoms with Gasteiger partial charge in [-0.1, -0.05) is 19.1 Å². The summed E-state index contributed by atoms with van der Waals surface area (Å²) in [4.78, 5) is 28.3. The molecule has 0 aromatic heterocycles. The van der Waals surface area contributed by atoms with Crippen molar-refractivity contribution in [3.05, 3.63) is 29.8 Å². The zero-order valence-corrected chi connectivity index (χ0v) is 14.9. The summed E-state index contributed by atoms with van der Waals surface area (Å²) in [5.74, 6) is 0.0123. The normalized spacial score (nSPS) is 17.3. The van der Waals surface area contributed by atoms with E-state index < -0.39 is 0 Å². The average Bonchev–Trinajstić information content (AvgIpc) is 2.59. The highest BCUT2D eigenvalue weighted by Crippen LogP contribution is 2.23. The van der Waals surface area contributed by atoms with E-state index in [0.29, 0.717) is 23.7 Å². The molecule has 1 saturated heterocycles. The molecule has 1 atom stereocenters. The first-order chi connectivity index (χ1) is 10.6. The van der Waals surface area contributed by atoms with E-state index >= 15 is 0 Å². The molecule has 0 spiro atoms. The van der Waals surface area contributed by atoms with Gasteiger partial charge in [0, 0.05) is 32.6 Å². The molecular formula is C17H26ClN3O2. The molecule has 5 nitrogen and oxygen atoms in total. The molecule has 1 N–H and O–H groups in total. The van der Waals surface area contributed by atoms with Gasteiger partial charge in [-0.25, -0.2) is 0 Å². The second-order valence-corrected chi connectivity index (χ2v) is 5.70. The lowest BCUT2D eigenvalue weighted by atomic mass is 10.0. The number of nitrogens with one attached hydrogen (secondary N) is 1. The number of para-hydroxylation sites is 1. The number of likely N-dealkylation sites (N-methyl/N-ethyl adjacent to an activating group) is 1. The number of amides is 2. The summed E-state index contributed by atoms with van der Waals surface area (Å²) in [6.45, 7) is 3.32. The van der Waals surface area contributed by atoms with Crippen molar-refractivity contribution in [1.29, 1.82) is 0 Å². The molecule has 128 valence electrons. The van der Waals surface area contributed by atoms with Gasteiger partial charge in [-0.2, -0.15) is 0 Å². The van der Waals surface area contributed by atoms with E-state index in [9.17, 15) is 9.59 Å². The van der Waals surface area contributed by atoms with Gasteiger partial charge in [-0.3, -0.25) is 9.59 Å². The van der Waals surface area contributed by atoms with Crippen LogP contribution in [0.4, 0.5) is 5.69 Å². The molecular weight excluding hydrogens is 314 g/mol. The molecule has 1 aromatic rings. The van der Waals surface area contributed by atoms with Crippen molar-refractivity contribution in [2.24, 2.45) is 0 Å². The molecule has 6 heteroatoms. The van der Waals surface area contributed by atoms with Crippen molar-refractivity contribution < 1.29 is 9.59 Å². The fraction of sp³-hybridized carbons (Fsp3) is 0.529. The lowest BCUT2D eigenvalue weighted by molar-refractivity contribution is -0.118. The van der Waals surface area contributed by atoms with Crippen LogP contribution in [-0.4, -0.2) is 49.9 Å². The van der Waals surface area contributed by atoms with E-state index in [1.807, 2.05) is 37.1 Å². The zero-order chi connectivity index (χ0) is 16.1. The summed E-state index contributed by atoms with van der Waals surface area (Å²) in [6, 6.07) is 7.69. The first-order valence-electron chi connectivity index (χ1n) is 7.90. The van der Waals surface area contributed by atoms with E-state index in [2.05, 4.69) is 5.32 Å². The first kappa shape index (κ1) is 19.5. The predicted molar refractivity (Wildman–Crippen MR) is 95.4 cm³/mol. The van der Waals surface area contributed by atoms with Gasteiger partial charge in [0.1, 0.15) is 0 Å². The topological polar surface area (TPSA) is 52.7 Å². The summed E-state index contributed by atoms with van der Waals surface area (Å²) >= 11 is 0. The largest absolute Gasteiger partial charge is 0.337 e. The maximum atomic E-state index is 12.9. The Morgan fingerprint density at radius 3 is 2.70 bits per heavy atom. The van der Waals surface area contributed by atoms with Crippen LogP contribution in [0.3, 0.4) is 0 Å². The Morgan fingerprint density at radius 2 is 2.04 bits per heavy atom. The number of nitrogens with zero attached hydrogens (tertiary/aromatic N) is 2. The molecule has 1 fully saturated rings. The summed E-state index contributed by atoms with van der Waals surface area (Å²) in [6.07, 6.45) is 2.52. The van der Waals surface area contributed by atoms with Gasteiger partial charge in [0.15, 0.2) is 0 Å². The van der Waals surface area contributed by atoms with Crippen molar-refractivity contribution in [3.63, 3.8) is 0 Å². The van der Waals surface area contributed by atoms with Gasteiger partial charge >= 0.3 is 0 Å². The monoisotopic (exact) mass is 339 g/mol. The Balaban J connectivity index is 0.00000264. The molecule has 1 heterocycles. The van der Waals surface area contributed by atoms with E-state index in [1.165, 1.54) is 0 Å². The quantitative estimate of drug-likeness (QED) is 0.915. The number of piperidine rings is 1. The summed E-state index contributed by atoms with van der Waals surface area (Å²) in [5, 5.41) is 3.25. The lowest BCUT2D eigenvalue weighted by Crippen LogP contribution is -2.47. The molecule has 23 heavy (non-hydrogen) atoms. The van der Waals surface area contributed by atoms with Crippen molar-refractivity contribution in [1.82, 2.24) is 10.2 Å². The fourth-order valence-corrected chi connectivity index (χ4v) is 2.89. The molecule has 0 bridgehead atoms. The Bertz CT molecular complexity index is 550. The minimum atomic E-state index is 0. The van der Waals surface area contributed by atoms with Crippen molar-refractivity contribution in [3.8, 4) is 0 Å². The van der Waals surface area contributed by atoms with E-state index in [4.69, 9.17) is 0 Å². The van der Waals surface area contributed by atoms with E-state index in [0.717, 1.165) is 25.9 Å². The minimum absolute atomic E-state index is 0. The maximum Gasteiger partial charge on any atom is 0.256 e. The number of rotatable bonds is 4. The third-order valence-electron chi connectivity index (χ3n) is 4.29. The van der Waals surface area contributed by atoms with Crippen LogP contribution in [-0.2, 0) is 4.79 Å². The van der Waals surface area contributed by atoms with Crippen LogP contribution in [0, 0.1) is 0 Å². The molecule has 2 amide bonds. The number of likely N-dealkylation sites (tertiary alicyclic amines) is 1. The smallest absolute Gasteiger partial charge is 0.256 e. The van der Waals surface area contributed by atoms with Gasteiger partial charge < -0.3 is 15.1 Å². The second-order valence-electron chi connectivity index (χ2n) is 5.70. The van der Waals surface area contributed by atoms with Gasteiger partial charge in [0.25, 0.3) is 5.91 Å². The maximum absolute atomic E-state index is 12.9. The van der Waals surface area contributed by atoms with Crippen LogP contribution in [0.15, 0.2) is 24.3 Å². The van der Waals surface area contributed by atoms with Gasteiger partial charge in [0.2, 0.25) is 5.91 Å². The Labute approximate surface area is 144 Å². The van der Waals surface area contributed by atoms with Gasteiger partial charge in [0.05, 0.1) is 11.3 Å². The highest BCUT2D eigenvalue weighted by molar-refractivity contribution is 6.04. The minimum Gasteiger partial charge on any atom is -0.337 e. The molecule has 1 unspecified atom stereocenters. The van der Waals surface area contributed by atoms with Crippen LogP contribution in [0.25, 0.3) is 0 Å². The fourth-order valence-electron chi connectivity index (χ4n) is 2.89. The zero-order valence-electron chi connectivity index (χ0n) is 14.0. The highest BCUT2D eigenvalue weighted by atomic mass is 35.5. The summed E-state index contributed by atoms with van der Waals surface area (Å²) in [7, 11) is 3.66.